The van der Waals surface area contributed by atoms with Crippen molar-refractivity contribution in [1.29, 1.82) is 0 Å². The molecule has 7 aromatic carbocycles. The molecule has 11 rings (SSSR count). The summed E-state index contributed by atoms with van der Waals surface area (Å²) < 4.78 is 11.3. The van der Waals surface area contributed by atoms with E-state index in [-0.39, 0.29) is 0 Å². The average Bonchev–Trinajstić information content (AvgIpc) is 3.93. The van der Waals surface area contributed by atoms with Gasteiger partial charge in [0.1, 0.15) is 23.8 Å². The number of pyridine rings is 1. The van der Waals surface area contributed by atoms with E-state index in [4.69, 9.17) is 9.72 Å². The van der Waals surface area contributed by atoms with Crippen molar-refractivity contribution in [2.24, 2.45) is 0 Å². The van der Waals surface area contributed by atoms with Gasteiger partial charge in [-0.05, 0) is 104 Å². The van der Waals surface area contributed by atoms with Crippen LogP contribution in [-0.4, -0.2) is 20.6 Å². The summed E-state index contributed by atoms with van der Waals surface area (Å²) in [5.41, 5.74) is 14.1. The monoisotopic (exact) mass is 711 g/mol. The fourth-order valence-corrected chi connectivity index (χ4v) is 9.13. The van der Waals surface area contributed by atoms with Crippen molar-refractivity contribution in [3.05, 3.63) is 175 Å². The molecule has 4 heterocycles. The zero-order chi connectivity index (χ0) is 36.8. The van der Waals surface area contributed by atoms with Gasteiger partial charge in [-0.25, -0.2) is 4.98 Å². The maximum atomic E-state index is 6.67. The Balaban J connectivity index is 0.999. The molecule has 0 spiro atoms. The number of aromatic nitrogens is 3. The molecule has 3 aromatic heterocycles. The van der Waals surface area contributed by atoms with Crippen molar-refractivity contribution in [3.8, 4) is 17.2 Å². The Kier molecular flexibility index (Phi) is 6.86. The Hall–Kier alpha value is -7.05. The van der Waals surface area contributed by atoms with Crippen LogP contribution in [0.5, 0.6) is 11.5 Å². The SMILES string of the molecule is Cc1cc(C)c(N2CN(c3cccc(Oc4ccc5c(c4)c4nccn4c4c5ccc5c4c4ccccc4n5-c4ccccc4)c3)c3ccccc32)c(C)c1. The van der Waals surface area contributed by atoms with Crippen molar-refractivity contribution in [2.75, 3.05) is 16.5 Å². The smallest absolute Gasteiger partial charge is 0.145 e. The van der Waals surface area contributed by atoms with Gasteiger partial charge in [-0.15, -0.1) is 0 Å². The molecular formula is C49H37N5O. The van der Waals surface area contributed by atoms with E-state index in [0.717, 1.165) is 44.8 Å². The highest BCUT2D eigenvalue weighted by molar-refractivity contribution is 6.26. The molecule has 1 aliphatic heterocycles. The zero-order valence-electron chi connectivity index (χ0n) is 30.9. The van der Waals surface area contributed by atoms with E-state index in [1.807, 2.05) is 12.3 Å². The molecule has 0 atom stereocenters. The molecule has 0 fully saturated rings. The van der Waals surface area contributed by atoms with Gasteiger partial charge in [0.15, 0.2) is 0 Å². The number of anilines is 4. The number of para-hydroxylation sites is 4. The number of hydrogen-bond acceptors (Lipinski definition) is 4. The third-order valence-corrected chi connectivity index (χ3v) is 11.2. The van der Waals surface area contributed by atoms with Gasteiger partial charge in [0, 0.05) is 57.1 Å². The van der Waals surface area contributed by atoms with Gasteiger partial charge in [0.2, 0.25) is 0 Å². The van der Waals surface area contributed by atoms with Gasteiger partial charge in [-0.2, -0.15) is 0 Å². The molecule has 10 aromatic rings. The summed E-state index contributed by atoms with van der Waals surface area (Å²) in [7, 11) is 0. The first-order chi connectivity index (χ1) is 27.0. The lowest BCUT2D eigenvalue weighted by Gasteiger charge is -2.25. The van der Waals surface area contributed by atoms with Crippen molar-refractivity contribution in [3.63, 3.8) is 0 Å². The van der Waals surface area contributed by atoms with Gasteiger partial charge in [0.25, 0.3) is 0 Å². The largest absolute Gasteiger partial charge is 0.457 e. The van der Waals surface area contributed by atoms with Crippen molar-refractivity contribution < 1.29 is 4.74 Å². The maximum Gasteiger partial charge on any atom is 0.145 e. The molecule has 55 heavy (non-hydrogen) atoms. The number of ether oxygens (including phenoxy) is 1. The standard InChI is InChI=1S/C49H37N5O/c1-31-26-32(2)47(33(3)27-31)53-30-52(43-18-9-10-19-44(43)53)35-14-11-15-36(28-35)55-37-20-21-38-39-22-23-45-46(48(39)51-25-24-50-49(51)41(38)29-37)40-16-7-8-17-42(40)54(45)34-12-5-4-6-13-34/h4-29H,30H2,1-3H3. The molecule has 0 saturated heterocycles. The fourth-order valence-electron chi connectivity index (χ4n) is 9.13. The normalized spacial score (nSPS) is 12.9. The number of rotatable bonds is 5. The quantitative estimate of drug-likeness (QED) is 0.167. The second kappa shape index (κ2) is 12.0. The summed E-state index contributed by atoms with van der Waals surface area (Å²) in [6.07, 6.45) is 3.98. The number of benzene rings is 7. The molecule has 0 saturated carbocycles. The van der Waals surface area contributed by atoms with Crippen LogP contribution >= 0.6 is 0 Å². The van der Waals surface area contributed by atoms with Crippen LogP contribution in [0.1, 0.15) is 16.7 Å². The van der Waals surface area contributed by atoms with E-state index < -0.39 is 0 Å². The van der Waals surface area contributed by atoms with Crippen LogP contribution in [0.2, 0.25) is 0 Å². The Bertz CT molecular complexity index is 3130. The van der Waals surface area contributed by atoms with E-state index in [2.05, 4.69) is 185 Å². The summed E-state index contributed by atoms with van der Waals surface area (Å²) in [6, 6.07) is 51.9. The van der Waals surface area contributed by atoms with Gasteiger partial charge in [0.05, 0.1) is 27.9 Å². The van der Waals surface area contributed by atoms with Crippen LogP contribution in [0.25, 0.3) is 54.8 Å². The predicted molar refractivity (Wildman–Crippen MR) is 227 cm³/mol. The topological polar surface area (TPSA) is 37.9 Å². The van der Waals surface area contributed by atoms with Crippen LogP contribution in [0.4, 0.5) is 22.7 Å². The zero-order valence-corrected chi connectivity index (χ0v) is 30.9. The van der Waals surface area contributed by atoms with Gasteiger partial charge in [-0.3, -0.25) is 4.40 Å². The second-order valence-corrected chi connectivity index (χ2v) is 14.7. The second-order valence-electron chi connectivity index (χ2n) is 14.7. The number of hydrogen-bond donors (Lipinski definition) is 0. The van der Waals surface area contributed by atoms with Crippen LogP contribution in [-0.2, 0) is 0 Å². The number of nitrogens with zero attached hydrogens (tertiary/aromatic N) is 5. The Morgan fingerprint density at radius 3 is 2.09 bits per heavy atom. The highest BCUT2D eigenvalue weighted by Gasteiger charge is 2.30. The molecule has 0 N–H and O–H groups in total. The summed E-state index contributed by atoms with van der Waals surface area (Å²) in [6.45, 7) is 7.30. The lowest BCUT2D eigenvalue weighted by atomic mass is 10.0. The van der Waals surface area contributed by atoms with Gasteiger partial charge >= 0.3 is 0 Å². The summed E-state index contributed by atoms with van der Waals surface area (Å²) >= 11 is 0. The Morgan fingerprint density at radius 2 is 1.25 bits per heavy atom. The number of imidazole rings is 1. The fraction of sp³-hybridized carbons (Fsp3) is 0.0816. The summed E-state index contributed by atoms with van der Waals surface area (Å²) in [4.78, 5) is 9.73. The van der Waals surface area contributed by atoms with Gasteiger partial charge in [-0.1, -0.05) is 78.4 Å². The van der Waals surface area contributed by atoms with Crippen LogP contribution < -0.4 is 14.5 Å². The molecule has 6 heteroatoms. The molecule has 0 aliphatic carbocycles. The minimum absolute atomic E-state index is 0.714. The third kappa shape index (κ3) is 4.77. The molecule has 1 aliphatic rings. The Labute approximate surface area is 318 Å². The first-order valence-electron chi connectivity index (χ1n) is 18.8. The summed E-state index contributed by atoms with van der Waals surface area (Å²) in [5.74, 6) is 1.55. The minimum Gasteiger partial charge on any atom is -0.457 e. The van der Waals surface area contributed by atoms with Crippen LogP contribution in [0.3, 0.4) is 0 Å². The van der Waals surface area contributed by atoms with E-state index in [1.165, 1.54) is 60.9 Å². The van der Waals surface area contributed by atoms with E-state index in [0.29, 0.717) is 6.67 Å². The van der Waals surface area contributed by atoms with E-state index >= 15 is 0 Å². The molecular weight excluding hydrogens is 675 g/mol. The van der Waals surface area contributed by atoms with Crippen LogP contribution in [0, 0.1) is 20.8 Å². The van der Waals surface area contributed by atoms with Crippen molar-refractivity contribution in [2.45, 2.75) is 20.8 Å². The molecule has 0 radical (unpaired) electrons. The lowest BCUT2D eigenvalue weighted by molar-refractivity contribution is 0.483. The van der Waals surface area contributed by atoms with Crippen molar-refractivity contribution >= 4 is 71.9 Å². The van der Waals surface area contributed by atoms with Crippen LogP contribution in [0.15, 0.2) is 158 Å². The third-order valence-electron chi connectivity index (χ3n) is 11.2. The molecule has 0 bridgehead atoms. The first kappa shape index (κ1) is 31.5. The first-order valence-corrected chi connectivity index (χ1v) is 18.8. The maximum absolute atomic E-state index is 6.67. The lowest BCUT2D eigenvalue weighted by Crippen LogP contribution is -2.25. The van der Waals surface area contributed by atoms with Gasteiger partial charge < -0.3 is 19.1 Å². The Morgan fingerprint density at radius 1 is 0.545 bits per heavy atom. The minimum atomic E-state index is 0.714. The highest BCUT2D eigenvalue weighted by atomic mass is 16.5. The van der Waals surface area contributed by atoms with E-state index in [9.17, 15) is 0 Å². The van der Waals surface area contributed by atoms with Crippen molar-refractivity contribution in [1.82, 2.24) is 14.0 Å². The molecule has 264 valence electrons. The summed E-state index contributed by atoms with van der Waals surface area (Å²) in [5, 5.41) is 5.80. The highest BCUT2D eigenvalue weighted by Crippen LogP contribution is 2.47. The molecule has 0 unspecified atom stereocenters. The molecule has 6 nitrogen and oxygen atoms in total. The number of aryl methyl sites for hydroxylation is 3. The predicted octanol–water partition coefficient (Wildman–Crippen LogP) is 12.7. The average molecular weight is 712 g/mol. The van der Waals surface area contributed by atoms with E-state index in [1.54, 1.807) is 0 Å². The number of fused-ring (bicyclic) bond motifs is 11. The molecule has 0 amide bonds.